The van der Waals surface area contributed by atoms with Gasteiger partial charge in [-0.25, -0.2) is 0 Å². The van der Waals surface area contributed by atoms with Crippen LogP contribution in [0.5, 0.6) is 0 Å². The highest BCUT2D eigenvalue weighted by Gasteiger charge is 2.03. The summed E-state index contributed by atoms with van der Waals surface area (Å²) in [6, 6.07) is 5.30. The third kappa shape index (κ3) is 1.99. The van der Waals surface area contributed by atoms with Gasteiger partial charge in [-0.15, -0.1) is 0 Å². The molecule has 0 unspecified atom stereocenters. The van der Waals surface area contributed by atoms with Crippen LogP contribution in [0.1, 0.15) is 12.5 Å². The molecule has 0 fully saturated rings. The Morgan fingerprint density at radius 2 is 2.25 bits per heavy atom. The van der Waals surface area contributed by atoms with E-state index in [0.717, 1.165) is 10.0 Å². The van der Waals surface area contributed by atoms with E-state index in [1.54, 1.807) is 25.1 Å². The van der Waals surface area contributed by atoms with Gasteiger partial charge in [0, 0.05) is 15.1 Å². The van der Waals surface area contributed by atoms with E-state index < -0.39 is 0 Å². The van der Waals surface area contributed by atoms with Crippen molar-refractivity contribution in [2.45, 2.75) is 6.92 Å². The molecule has 0 bridgehead atoms. The van der Waals surface area contributed by atoms with Crippen molar-refractivity contribution < 1.29 is 5.21 Å². The number of oxime groups is 1. The fraction of sp³-hybridized carbons (Fsp3) is 0.125. The molecule has 0 aliphatic heterocycles. The fourth-order valence-corrected chi connectivity index (χ4v) is 1.81. The summed E-state index contributed by atoms with van der Waals surface area (Å²) in [5, 5.41) is 12.3. The molecule has 0 saturated carbocycles. The molecule has 64 valence electrons. The molecule has 2 nitrogen and oxygen atoms in total. The minimum atomic E-state index is 0.554. The van der Waals surface area contributed by atoms with Gasteiger partial charge in [0.05, 0.1) is 5.71 Å². The molecule has 0 radical (unpaired) electrons. The number of nitrogens with zero attached hydrogens (tertiary/aromatic N) is 1. The second-order valence-electron chi connectivity index (χ2n) is 2.31. The zero-order valence-corrected chi connectivity index (χ0v) is 8.72. The summed E-state index contributed by atoms with van der Waals surface area (Å²) in [4.78, 5) is 0. The van der Waals surface area contributed by atoms with E-state index in [9.17, 15) is 0 Å². The van der Waals surface area contributed by atoms with Gasteiger partial charge in [0.25, 0.3) is 0 Å². The van der Waals surface area contributed by atoms with Crippen LogP contribution < -0.4 is 0 Å². The smallest absolute Gasteiger partial charge is 0.0848 e. The maximum atomic E-state index is 8.52. The van der Waals surface area contributed by atoms with Crippen molar-refractivity contribution in [3.63, 3.8) is 0 Å². The molecule has 1 rings (SSSR count). The van der Waals surface area contributed by atoms with Crippen molar-refractivity contribution in [1.82, 2.24) is 0 Å². The van der Waals surface area contributed by atoms with Crippen LogP contribution in [0.25, 0.3) is 0 Å². The molecule has 0 atom stereocenters. The molecular weight excluding hydrogens is 241 g/mol. The molecule has 0 aliphatic carbocycles. The van der Waals surface area contributed by atoms with Gasteiger partial charge in [0.1, 0.15) is 0 Å². The Bertz CT molecular complexity index is 325. The van der Waals surface area contributed by atoms with Crippen LogP contribution in [0.15, 0.2) is 27.8 Å². The summed E-state index contributed by atoms with van der Waals surface area (Å²) in [6.07, 6.45) is 0. The van der Waals surface area contributed by atoms with Crippen molar-refractivity contribution in [2.24, 2.45) is 5.16 Å². The predicted octanol–water partition coefficient (Wildman–Crippen LogP) is 3.30. The molecule has 0 aromatic heterocycles. The van der Waals surface area contributed by atoms with Crippen LogP contribution in [0, 0.1) is 0 Å². The van der Waals surface area contributed by atoms with Crippen molar-refractivity contribution >= 4 is 33.2 Å². The molecule has 12 heavy (non-hydrogen) atoms. The SMILES string of the molecule is C/C(=N\O)c1ccc(Cl)cc1Br. The molecular formula is C8H7BrClNO. The minimum absolute atomic E-state index is 0.554. The number of benzene rings is 1. The minimum Gasteiger partial charge on any atom is -0.411 e. The molecule has 0 aliphatic rings. The van der Waals surface area contributed by atoms with Gasteiger partial charge >= 0.3 is 0 Å². The van der Waals surface area contributed by atoms with E-state index in [-0.39, 0.29) is 0 Å². The van der Waals surface area contributed by atoms with E-state index in [4.69, 9.17) is 16.8 Å². The molecule has 0 saturated heterocycles. The third-order valence-electron chi connectivity index (χ3n) is 1.47. The Balaban J connectivity index is 3.18. The molecule has 1 N–H and O–H groups in total. The quantitative estimate of drug-likeness (QED) is 0.462. The maximum absolute atomic E-state index is 8.52. The van der Waals surface area contributed by atoms with Crippen molar-refractivity contribution in [3.8, 4) is 0 Å². The van der Waals surface area contributed by atoms with Gasteiger partial charge in [-0.05, 0) is 19.1 Å². The van der Waals surface area contributed by atoms with Crippen molar-refractivity contribution in [2.75, 3.05) is 0 Å². The molecule has 0 amide bonds. The van der Waals surface area contributed by atoms with Gasteiger partial charge < -0.3 is 5.21 Å². The first kappa shape index (κ1) is 9.55. The first-order valence-corrected chi connectivity index (χ1v) is 4.46. The highest BCUT2D eigenvalue weighted by atomic mass is 79.9. The highest BCUT2D eigenvalue weighted by molar-refractivity contribution is 9.10. The maximum Gasteiger partial charge on any atom is 0.0848 e. The average Bonchev–Trinajstić information content (AvgIpc) is 2.03. The van der Waals surface area contributed by atoms with Crippen LogP contribution in [0.4, 0.5) is 0 Å². The largest absolute Gasteiger partial charge is 0.411 e. The molecule has 4 heteroatoms. The Morgan fingerprint density at radius 1 is 1.58 bits per heavy atom. The Labute approximate surface area is 84.0 Å². The van der Waals surface area contributed by atoms with Gasteiger partial charge in [0.2, 0.25) is 0 Å². The highest BCUT2D eigenvalue weighted by Crippen LogP contribution is 2.21. The summed E-state index contributed by atoms with van der Waals surface area (Å²) >= 11 is 9.04. The van der Waals surface area contributed by atoms with E-state index in [0.29, 0.717) is 10.7 Å². The van der Waals surface area contributed by atoms with Gasteiger partial charge in [-0.1, -0.05) is 38.8 Å². The summed E-state index contributed by atoms with van der Waals surface area (Å²) in [7, 11) is 0. The summed E-state index contributed by atoms with van der Waals surface area (Å²) in [5.74, 6) is 0. The summed E-state index contributed by atoms with van der Waals surface area (Å²) in [5.41, 5.74) is 1.39. The van der Waals surface area contributed by atoms with Gasteiger partial charge in [-0.2, -0.15) is 0 Å². The lowest BCUT2D eigenvalue weighted by Gasteiger charge is -2.01. The van der Waals surface area contributed by atoms with Crippen LogP contribution in [-0.4, -0.2) is 10.9 Å². The number of halogens is 2. The number of hydrogen-bond acceptors (Lipinski definition) is 2. The lowest BCUT2D eigenvalue weighted by Crippen LogP contribution is -1.95. The molecule has 1 aromatic carbocycles. The first-order chi connectivity index (χ1) is 5.65. The lowest BCUT2D eigenvalue weighted by atomic mass is 10.1. The standard InChI is InChI=1S/C8H7BrClNO/c1-5(11-12)7-3-2-6(10)4-8(7)9/h2-4,12H,1H3/b11-5+. The summed E-state index contributed by atoms with van der Waals surface area (Å²) < 4.78 is 0.824. The molecule has 1 aromatic rings. The number of hydrogen-bond donors (Lipinski definition) is 1. The Hall–Kier alpha value is -0.540. The lowest BCUT2D eigenvalue weighted by molar-refractivity contribution is 0.319. The normalized spacial score (nSPS) is 11.8. The fourth-order valence-electron chi connectivity index (χ4n) is 0.837. The predicted molar refractivity (Wildman–Crippen MR) is 53.1 cm³/mol. The van der Waals surface area contributed by atoms with Crippen LogP contribution in [0.2, 0.25) is 5.02 Å². The first-order valence-electron chi connectivity index (χ1n) is 3.29. The molecule has 0 heterocycles. The Kier molecular flexibility index (Phi) is 3.12. The van der Waals surface area contributed by atoms with E-state index in [2.05, 4.69) is 21.1 Å². The second kappa shape index (κ2) is 3.92. The van der Waals surface area contributed by atoms with Gasteiger partial charge in [-0.3, -0.25) is 0 Å². The zero-order chi connectivity index (χ0) is 9.14. The van der Waals surface area contributed by atoms with E-state index in [1.165, 1.54) is 0 Å². The van der Waals surface area contributed by atoms with Gasteiger partial charge in [0.15, 0.2) is 0 Å². The Morgan fingerprint density at radius 3 is 2.75 bits per heavy atom. The van der Waals surface area contributed by atoms with Crippen LogP contribution >= 0.6 is 27.5 Å². The van der Waals surface area contributed by atoms with E-state index >= 15 is 0 Å². The molecule has 0 spiro atoms. The van der Waals surface area contributed by atoms with Crippen LogP contribution in [-0.2, 0) is 0 Å². The number of rotatable bonds is 1. The third-order valence-corrected chi connectivity index (χ3v) is 2.36. The van der Waals surface area contributed by atoms with Crippen molar-refractivity contribution in [1.29, 1.82) is 0 Å². The van der Waals surface area contributed by atoms with E-state index in [1.807, 2.05) is 0 Å². The summed E-state index contributed by atoms with van der Waals surface area (Å²) in [6.45, 7) is 1.72. The van der Waals surface area contributed by atoms with Crippen LogP contribution in [0.3, 0.4) is 0 Å². The monoisotopic (exact) mass is 247 g/mol. The average molecular weight is 249 g/mol. The van der Waals surface area contributed by atoms with Crippen molar-refractivity contribution in [3.05, 3.63) is 33.3 Å². The second-order valence-corrected chi connectivity index (χ2v) is 3.60. The topological polar surface area (TPSA) is 32.6 Å². The zero-order valence-electron chi connectivity index (χ0n) is 6.38.